The zero-order valence-corrected chi connectivity index (χ0v) is 11.5. The Labute approximate surface area is 99.9 Å². The third kappa shape index (κ3) is 4.06. The average molecular weight is 247 g/mol. The summed E-state index contributed by atoms with van der Waals surface area (Å²) >= 11 is 0. The Hall–Kier alpha value is -0.0900. The number of hydrogen-bond donors (Lipinski definition) is 1. The van der Waals surface area contributed by atoms with Crippen molar-refractivity contribution in [1.29, 1.82) is 0 Å². The summed E-state index contributed by atoms with van der Waals surface area (Å²) < 4.78 is 23.2. The van der Waals surface area contributed by atoms with E-state index in [2.05, 4.69) is 19.2 Å². The molecule has 0 bridgehead atoms. The molecule has 16 heavy (non-hydrogen) atoms. The van der Waals surface area contributed by atoms with Gasteiger partial charge in [0, 0.05) is 18.3 Å². The van der Waals surface area contributed by atoms with Crippen molar-refractivity contribution in [3.8, 4) is 0 Å². The maximum atomic E-state index is 11.6. The van der Waals surface area contributed by atoms with Crippen molar-refractivity contribution in [3.63, 3.8) is 0 Å². The Morgan fingerprint density at radius 3 is 2.62 bits per heavy atom. The topological polar surface area (TPSA) is 46.2 Å². The molecule has 4 heteroatoms. The van der Waals surface area contributed by atoms with Crippen LogP contribution in [-0.4, -0.2) is 32.0 Å². The number of unbranched alkanes of at least 4 members (excludes halogenated alkanes) is 1. The summed E-state index contributed by atoms with van der Waals surface area (Å²) in [6, 6.07) is 0.620. The molecule has 3 nitrogen and oxygen atoms in total. The van der Waals surface area contributed by atoms with E-state index in [1.807, 2.05) is 0 Å². The van der Waals surface area contributed by atoms with E-state index in [0.29, 0.717) is 6.04 Å². The van der Waals surface area contributed by atoms with E-state index >= 15 is 0 Å². The summed E-state index contributed by atoms with van der Waals surface area (Å²) in [4.78, 5) is 0. The molecule has 0 radical (unpaired) electrons. The monoisotopic (exact) mass is 247 g/mol. The standard InChI is InChI=1S/C12H25NO2S/c1-4-5-7-10(2)13-11-8-6-9-12(11)16(3,14)15/h10-13H,4-9H2,1-3H3. The van der Waals surface area contributed by atoms with Crippen molar-refractivity contribution < 1.29 is 8.42 Å². The highest BCUT2D eigenvalue weighted by Gasteiger charge is 2.34. The third-order valence-corrected chi connectivity index (χ3v) is 5.16. The van der Waals surface area contributed by atoms with Crippen LogP contribution in [0, 0.1) is 0 Å². The van der Waals surface area contributed by atoms with E-state index in [1.54, 1.807) is 0 Å². The first-order valence-electron chi connectivity index (χ1n) is 6.40. The first-order chi connectivity index (χ1) is 7.45. The highest BCUT2D eigenvalue weighted by Crippen LogP contribution is 2.25. The molecule has 0 saturated heterocycles. The van der Waals surface area contributed by atoms with Gasteiger partial charge in [0.05, 0.1) is 5.25 Å². The van der Waals surface area contributed by atoms with Crippen LogP contribution in [0.5, 0.6) is 0 Å². The second-order valence-electron chi connectivity index (χ2n) is 5.12. The lowest BCUT2D eigenvalue weighted by Gasteiger charge is -2.24. The van der Waals surface area contributed by atoms with E-state index in [9.17, 15) is 8.42 Å². The van der Waals surface area contributed by atoms with E-state index in [0.717, 1.165) is 25.7 Å². The van der Waals surface area contributed by atoms with Crippen LogP contribution in [0.1, 0.15) is 52.4 Å². The molecule has 96 valence electrons. The van der Waals surface area contributed by atoms with Crippen molar-refractivity contribution >= 4 is 9.84 Å². The highest BCUT2D eigenvalue weighted by molar-refractivity contribution is 7.91. The SMILES string of the molecule is CCCCC(C)NC1CCCC1S(C)(=O)=O. The molecule has 0 amide bonds. The molecular weight excluding hydrogens is 222 g/mol. The largest absolute Gasteiger partial charge is 0.310 e. The van der Waals surface area contributed by atoms with Crippen LogP contribution in [0.2, 0.25) is 0 Å². The van der Waals surface area contributed by atoms with Gasteiger partial charge in [0.2, 0.25) is 0 Å². The number of hydrogen-bond acceptors (Lipinski definition) is 3. The molecule has 0 aromatic carbocycles. The maximum absolute atomic E-state index is 11.6. The highest BCUT2D eigenvalue weighted by atomic mass is 32.2. The number of nitrogens with one attached hydrogen (secondary N) is 1. The normalized spacial score (nSPS) is 28.2. The van der Waals surface area contributed by atoms with Gasteiger partial charge in [0.15, 0.2) is 9.84 Å². The van der Waals surface area contributed by atoms with Crippen LogP contribution in [-0.2, 0) is 9.84 Å². The van der Waals surface area contributed by atoms with E-state index < -0.39 is 9.84 Å². The van der Waals surface area contributed by atoms with Crippen LogP contribution in [0.25, 0.3) is 0 Å². The lowest BCUT2D eigenvalue weighted by Crippen LogP contribution is -2.44. The number of sulfone groups is 1. The quantitative estimate of drug-likeness (QED) is 0.782. The Kier molecular flexibility index (Phi) is 5.25. The molecular formula is C12H25NO2S. The van der Waals surface area contributed by atoms with Gasteiger partial charge in [0.25, 0.3) is 0 Å². The minimum atomic E-state index is -2.88. The van der Waals surface area contributed by atoms with Crippen molar-refractivity contribution in [2.75, 3.05) is 6.26 Å². The summed E-state index contributed by atoms with van der Waals surface area (Å²) in [5.41, 5.74) is 0. The van der Waals surface area contributed by atoms with Gasteiger partial charge in [-0.1, -0.05) is 26.2 Å². The molecule has 1 aliphatic rings. The second-order valence-corrected chi connectivity index (χ2v) is 7.38. The average Bonchev–Trinajstić information content (AvgIpc) is 2.62. The van der Waals surface area contributed by atoms with Gasteiger partial charge in [-0.2, -0.15) is 0 Å². The summed E-state index contributed by atoms with van der Waals surface area (Å²) in [6.45, 7) is 4.34. The summed E-state index contributed by atoms with van der Waals surface area (Å²) in [5, 5.41) is 3.34. The van der Waals surface area contributed by atoms with Crippen LogP contribution in [0.3, 0.4) is 0 Å². The molecule has 1 fully saturated rings. The number of rotatable bonds is 6. The zero-order chi connectivity index (χ0) is 12.2. The van der Waals surface area contributed by atoms with Gasteiger partial charge < -0.3 is 5.32 Å². The van der Waals surface area contributed by atoms with Gasteiger partial charge in [-0.05, 0) is 26.2 Å². The molecule has 0 aromatic rings. The van der Waals surface area contributed by atoms with Crippen LogP contribution in [0.15, 0.2) is 0 Å². The van der Waals surface area contributed by atoms with Crippen LogP contribution in [0.4, 0.5) is 0 Å². The Morgan fingerprint density at radius 2 is 2.06 bits per heavy atom. The van der Waals surface area contributed by atoms with E-state index in [4.69, 9.17) is 0 Å². The smallest absolute Gasteiger partial charge is 0.151 e. The van der Waals surface area contributed by atoms with Gasteiger partial charge in [-0.25, -0.2) is 8.42 Å². The Bertz CT molecular complexity index is 300. The third-order valence-electron chi connectivity index (χ3n) is 3.49. The van der Waals surface area contributed by atoms with Crippen molar-refractivity contribution in [2.45, 2.75) is 69.7 Å². The molecule has 1 rings (SSSR count). The molecule has 3 unspecified atom stereocenters. The molecule has 0 aliphatic heterocycles. The fraction of sp³-hybridized carbons (Fsp3) is 1.00. The Morgan fingerprint density at radius 1 is 1.38 bits per heavy atom. The molecule has 1 aliphatic carbocycles. The fourth-order valence-electron chi connectivity index (χ4n) is 2.59. The van der Waals surface area contributed by atoms with Crippen LogP contribution < -0.4 is 5.32 Å². The van der Waals surface area contributed by atoms with Gasteiger partial charge in [-0.3, -0.25) is 0 Å². The van der Waals surface area contributed by atoms with E-state index in [1.165, 1.54) is 19.1 Å². The first kappa shape index (κ1) is 14.0. The summed E-state index contributed by atoms with van der Waals surface area (Å²) in [5.74, 6) is 0. The van der Waals surface area contributed by atoms with Gasteiger partial charge in [-0.15, -0.1) is 0 Å². The lowest BCUT2D eigenvalue weighted by molar-refractivity contribution is 0.420. The summed E-state index contributed by atoms with van der Waals surface area (Å²) in [7, 11) is -2.88. The minimum Gasteiger partial charge on any atom is -0.310 e. The van der Waals surface area contributed by atoms with Crippen molar-refractivity contribution in [3.05, 3.63) is 0 Å². The van der Waals surface area contributed by atoms with Crippen molar-refractivity contribution in [1.82, 2.24) is 5.32 Å². The van der Waals surface area contributed by atoms with Gasteiger partial charge in [0.1, 0.15) is 0 Å². The van der Waals surface area contributed by atoms with Crippen LogP contribution >= 0.6 is 0 Å². The van der Waals surface area contributed by atoms with Crippen molar-refractivity contribution in [2.24, 2.45) is 0 Å². The Balaban J connectivity index is 2.47. The predicted molar refractivity (Wildman–Crippen MR) is 68.4 cm³/mol. The van der Waals surface area contributed by atoms with E-state index in [-0.39, 0.29) is 11.3 Å². The molecule has 0 heterocycles. The molecule has 3 atom stereocenters. The van der Waals surface area contributed by atoms with Gasteiger partial charge >= 0.3 is 0 Å². The fourth-order valence-corrected chi connectivity index (χ4v) is 3.99. The summed E-state index contributed by atoms with van der Waals surface area (Å²) in [6.07, 6.45) is 7.80. The predicted octanol–water partition coefficient (Wildman–Crippen LogP) is 2.12. The lowest BCUT2D eigenvalue weighted by atomic mass is 10.1. The zero-order valence-electron chi connectivity index (χ0n) is 10.7. The molecule has 0 aromatic heterocycles. The first-order valence-corrected chi connectivity index (χ1v) is 8.35. The molecule has 1 N–H and O–H groups in total. The maximum Gasteiger partial charge on any atom is 0.151 e. The molecule has 1 saturated carbocycles. The molecule has 0 spiro atoms. The minimum absolute atomic E-state index is 0.156. The second kappa shape index (κ2) is 6.01.